The van der Waals surface area contributed by atoms with Crippen LogP contribution in [0.1, 0.15) is 10.4 Å². The standard InChI is InChI=1S/C14H12BrClN2O2/c1-20-14(19)8-5-6-10(17)12(7-8)18-11-4-2-3-9(16)13(11)15/h2-7,18H,17H2,1H3. The molecule has 20 heavy (non-hydrogen) atoms. The van der Waals surface area contributed by atoms with Crippen molar-refractivity contribution in [3.63, 3.8) is 0 Å². The molecule has 0 spiro atoms. The van der Waals surface area contributed by atoms with Gasteiger partial charge in [0.15, 0.2) is 0 Å². The van der Waals surface area contributed by atoms with E-state index in [0.29, 0.717) is 22.0 Å². The van der Waals surface area contributed by atoms with Gasteiger partial charge in [0.1, 0.15) is 0 Å². The van der Waals surface area contributed by atoms with Gasteiger partial charge in [-0.3, -0.25) is 0 Å². The van der Waals surface area contributed by atoms with Crippen molar-refractivity contribution in [1.29, 1.82) is 0 Å². The van der Waals surface area contributed by atoms with E-state index in [9.17, 15) is 4.79 Å². The Morgan fingerprint density at radius 1 is 1.30 bits per heavy atom. The predicted octanol–water partition coefficient (Wildman–Crippen LogP) is 4.21. The fourth-order valence-corrected chi connectivity index (χ4v) is 2.19. The number of hydrogen-bond acceptors (Lipinski definition) is 4. The molecule has 0 aliphatic heterocycles. The van der Waals surface area contributed by atoms with E-state index in [-0.39, 0.29) is 0 Å². The molecule has 0 amide bonds. The van der Waals surface area contributed by atoms with Crippen LogP contribution in [-0.4, -0.2) is 13.1 Å². The lowest BCUT2D eigenvalue weighted by molar-refractivity contribution is 0.0601. The minimum Gasteiger partial charge on any atom is -0.465 e. The summed E-state index contributed by atoms with van der Waals surface area (Å²) in [6.07, 6.45) is 0. The van der Waals surface area contributed by atoms with Crippen molar-refractivity contribution in [2.24, 2.45) is 0 Å². The second-order valence-electron chi connectivity index (χ2n) is 4.02. The van der Waals surface area contributed by atoms with Crippen LogP contribution < -0.4 is 11.1 Å². The maximum Gasteiger partial charge on any atom is 0.337 e. The second-order valence-corrected chi connectivity index (χ2v) is 5.22. The molecule has 0 aliphatic carbocycles. The highest BCUT2D eigenvalue weighted by atomic mass is 79.9. The van der Waals surface area contributed by atoms with E-state index >= 15 is 0 Å². The fraction of sp³-hybridized carbons (Fsp3) is 0.0714. The summed E-state index contributed by atoms with van der Waals surface area (Å²) < 4.78 is 5.41. The van der Waals surface area contributed by atoms with Gasteiger partial charge in [-0.25, -0.2) is 4.79 Å². The van der Waals surface area contributed by atoms with Crippen molar-refractivity contribution in [2.45, 2.75) is 0 Å². The Kier molecular flexibility index (Phi) is 4.52. The zero-order chi connectivity index (χ0) is 14.7. The lowest BCUT2D eigenvalue weighted by Crippen LogP contribution is -2.04. The molecule has 0 bridgehead atoms. The number of benzene rings is 2. The van der Waals surface area contributed by atoms with Crippen LogP contribution in [0.2, 0.25) is 5.02 Å². The lowest BCUT2D eigenvalue weighted by Gasteiger charge is -2.12. The minimum atomic E-state index is -0.418. The molecule has 0 radical (unpaired) electrons. The molecular formula is C14H12BrClN2O2. The SMILES string of the molecule is COC(=O)c1ccc(N)c(Nc2cccc(Cl)c2Br)c1. The molecule has 2 rings (SSSR count). The molecule has 4 nitrogen and oxygen atoms in total. The van der Waals surface area contributed by atoms with E-state index in [0.717, 1.165) is 10.2 Å². The summed E-state index contributed by atoms with van der Waals surface area (Å²) in [7, 11) is 1.33. The van der Waals surface area contributed by atoms with E-state index in [2.05, 4.69) is 26.0 Å². The second kappa shape index (κ2) is 6.15. The summed E-state index contributed by atoms with van der Waals surface area (Å²) in [6, 6.07) is 10.3. The van der Waals surface area contributed by atoms with Crippen molar-refractivity contribution in [3.05, 3.63) is 51.5 Å². The van der Waals surface area contributed by atoms with Crippen molar-refractivity contribution in [3.8, 4) is 0 Å². The highest BCUT2D eigenvalue weighted by Crippen LogP contribution is 2.33. The highest BCUT2D eigenvalue weighted by Gasteiger charge is 2.10. The number of esters is 1. The highest BCUT2D eigenvalue weighted by molar-refractivity contribution is 9.10. The van der Waals surface area contributed by atoms with Crippen LogP contribution in [0.25, 0.3) is 0 Å². The molecular weight excluding hydrogens is 344 g/mol. The summed E-state index contributed by atoms with van der Waals surface area (Å²) in [5.41, 5.74) is 8.20. The van der Waals surface area contributed by atoms with Crippen LogP contribution in [0.3, 0.4) is 0 Å². The van der Waals surface area contributed by atoms with Crippen LogP contribution in [0.5, 0.6) is 0 Å². The summed E-state index contributed by atoms with van der Waals surface area (Å²) in [5, 5.41) is 3.72. The van der Waals surface area contributed by atoms with Crippen LogP contribution in [0.15, 0.2) is 40.9 Å². The Bertz CT molecular complexity index is 662. The Balaban J connectivity index is 2.38. The number of nitrogens with one attached hydrogen (secondary N) is 1. The topological polar surface area (TPSA) is 64.3 Å². The van der Waals surface area contributed by atoms with Crippen LogP contribution >= 0.6 is 27.5 Å². The normalized spacial score (nSPS) is 10.2. The molecule has 0 unspecified atom stereocenters. The first-order chi connectivity index (χ1) is 9.52. The monoisotopic (exact) mass is 354 g/mol. The van der Waals surface area contributed by atoms with Crippen LogP contribution in [0.4, 0.5) is 17.1 Å². The van der Waals surface area contributed by atoms with Crippen molar-refractivity contribution in [2.75, 3.05) is 18.2 Å². The first-order valence-electron chi connectivity index (χ1n) is 5.72. The molecule has 0 heterocycles. The number of nitrogen functional groups attached to an aromatic ring is 1. The Hall–Kier alpha value is -1.72. The van der Waals surface area contributed by atoms with Gasteiger partial charge in [0.05, 0.1) is 39.2 Å². The van der Waals surface area contributed by atoms with E-state index in [1.807, 2.05) is 12.1 Å². The van der Waals surface area contributed by atoms with E-state index < -0.39 is 5.97 Å². The van der Waals surface area contributed by atoms with Gasteiger partial charge in [-0.15, -0.1) is 0 Å². The molecule has 0 aliphatic rings. The summed E-state index contributed by atoms with van der Waals surface area (Å²) >= 11 is 9.43. The van der Waals surface area contributed by atoms with E-state index in [1.54, 1.807) is 24.3 Å². The van der Waals surface area contributed by atoms with Gasteiger partial charge in [-0.2, -0.15) is 0 Å². The fourth-order valence-electron chi connectivity index (χ4n) is 1.65. The smallest absolute Gasteiger partial charge is 0.337 e. The maximum atomic E-state index is 11.5. The average Bonchev–Trinajstić information content (AvgIpc) is 2.45. The quantitative estimate of drug-likeness (QED) is 0.639. The number of hydrogen-bond donors (Lipinski definition) is 2. The maximum absolute atomic E-state index is 11.5. The van der Waals surface area contributed by atoms with Gasteiger partial charge >= 0.3 is 5.97 Å². The van der Waals surface area contributed by atoms with Gasteiger partial charge in [0, 0.05) is 0 Å². The summed E-state index contributed by atoms with van der Waals surface area (Å²) in [5.74, 6) is -0.418. The largest absolute Gasteiger partial charge is 0.465 e. The number of rotatable bonds is 3. The summed E-state index contributed by atoms with van der Waals surface area (Å²) in [6.45, 7) is 0. The first-order valence-corrected chi connectivity index (χ1v) is 6.89. The van der Waals surface area contributed by atoms with Crippen molar-refractivity contribution < 1.29 is 9.53 Å². The van der Waals surface area contributed by atoms with E-state index in [1.165, 1.54) is 7.11 Å². The predicted molar refractivity (Wildman–Crippen MR) is 84.6 cm³/mol. The molecule has 104 valence electrons. The van der Waals surface area contributed by atoms with Crippen LogP contribution in [-0.2, 0) is 4.74 Å². The molecule has 0 saturated carbocycles. The van der Waals surface area contributed by atoms with E-state index in [4.69, 9.17) is 17.3 Å². The third-order valence-electron chi connectivity index (χ3n) is 2.70. The minimum absolute atomic E-state index is 0.418. The molecule has 0 fully saturated rings. The molecule has 0 aromatic heterocycles. The lowest BCUT2D eigenvalue weighted by atomic mass is 10.1. The molecule has 2 aromatic carbocycles. The number of halogens is 2. The van der Waals surface area contributed by atoms with Gasteiger partial charge in [-0.05, 0) is 46.3 Å². The third-order valence-corrected chi connectivity index (χ3v) is 4.09. The number of ether oxygens (including phenoxy) is 1. The number of anilines is 3. The van der Waals surface area contributed by atoms with Crippen LogP contribution in [0, 0.1) is 0 Å². The molecule has 2 aromatic rings. The molecule has 0 atom stereocenters. The third kappa shape index (κ3) is 3.05. The number of carbonyl (C=O) groups excluding carboxylic acids is 1. The van der Waals surface area contributed by atoms with Crippen molar-refractivity contribution >= 4 is 50.6 Å². The Labute approximate surface area is 130 Å². The summed E-state index contributed by atoms with van der Waals surface area (Å²) in [4.78, 5) is 11.5. The van der Waals surface area contributed by atoms with Gasteiger partial charge in [0.25, 0.3) is 0 Å². The molecule has 6 heteroatoms. The van der Waals surface area contributed by atoms with Crippen molar-refractivity contribution in [1.82, 2.24) is 0 Å². The Morgan fingerprint density at radius 3 is 2.75 bits per heavy atom. The molecule has 3 N–H and O–H groups in total. The number of methoxy groups -OCH3 is 1. The van der Waals surface area contributed by atoms with Gasteiger partial charge < -0.3 is 15.8 Å². The average molecular weight is 356 g/mol. The zero-order valence-electron chi connectivity index (χ0n) is 10.6. The van der Waals surface area contributed by atoms with Gasteiger partial charge in [0.2, 0.25) is 0 Å². The Morgan fingerprint density at radius 2 is 2.05 bits per heavy atom. The number of nitrogens with two attached hydrogens (primary N) is 1. The zero-order valence-corrected chi connectivity index (χ0v) is 13.0. The number of carbonyl (C=O) groups is 1. The first kappa shape index (κ1) is 14.7. The molecule has 0 saturated heterocycles. The van der Waals surface area contributed by atoms with Gasteiger partial charge in [-0.1, -0.05) is 17.7 Å².